The normalized spacial score (nSPS) is 12.9. The first-order valence-electron chi connectivity index (χ1n) is 27.9. The van der Waals surface area contributed by atoms with E-state index in [0.29, 0.717) is 12.8 Å². The highest BCUT2D eigenvalue weighted by atomic mass is 16.6. The molecule has 0 fully saturated rings. The van der Waals surface area contributed by atoms with E-state index in [-0.39, 0.29) is 42.7 Å². The number of nitrogens with zero attached hydrogens (tertiary/aromatic N) is 1. The van der Waals surface area contributed by atoms with E-state index in [0.717, 1.165) is 57.8 Å². The molecule has 0 N–H and O–H groups in total. The van der Waals surface area contributed by atoms with Gasteiger partial charge in [-0.15, -0.1) is 0 Å². The standard InChI is InChI=1S/C57H107NO7/c1-6-8-10-12-14-16-18-20-22-24-26-27-28-29-30-32-34-36-38-40-42-44-46-48-56(60)65-53(51-63-50-49-54(57(61)62)58(3,4)5)52-64-55(59)47-45-43-41-39-37-35-33-31-25-23-21-19-17-15-13-11-9-7-2/h23,25,31,33,53-54H,6-22,24,26-30,32,34-52H2,1-5H3/b25-23+,33-31+. The lowest BCUT2D eigenvalue weighted by molar-refractivity contribution is -0.889. The molecule has 0 saturated carbocycles. The molecule has 0 radical (unpaired) electrons. The Morgan fingerprint density at radius 1 is 0.462 bits per heavy atom. The number of ether oxygens (including phenoxy) is 3. The second-order valence-corrected chi connectivity index (χ2v) is 20.2. The molecule has 0 aliphatic carbocycles. The number of carboxylic acids is 1. The Morgan fingerprint density at radius 3 is 1.15 bits per heavy atom. The minimum atomic E-state index is -1.12. The van der Waals surface area contributed by atoms with Gasteiger partial charge in [-0.2, -0.15) is 0 Å². The van der Waals surface area contributed by atoms with Crippen molar-refractivity contribution < 1.29 is 38.2 Å². The molecular weight excluding hydrogens is 811 g/mol. The third-order valence-electron chi connectivity index (χ3n) is 12.9. The van der Waals surface area contributed by atoms with E-state index in [4.69, 9.17) is 14.2 Å². The quantitative estimate of drug-likeness (QED) is 0.0259. The molecule has 0 bridgehead atoms. The van der Waals surface area contributed by atoms with Gasteiger partial charge in [0.2, 0.25) is 0 Å². The summed E-state index contributed by atoms with van der Waals surface area (Å²) in [5.41, 5.74) is 0. The Labute approximate surface area is 402 Å². The average Bonchev–Trinajstić information content (AvgIpc) is 3.27. The zero-order valence-corrected chi connectivity index (χ0v) is 43.7. The molecule has 8 nitrogen and oxygen atoms in total. The monoisotopic (exact) mass is 918 g/mol. The van der Waals surface area contributed by atoms with E-state index in [1.165, 1.54) is 180 Å². The first-order chi connectivity index (χ1) is 31.6. The van der Waals surface area contributed by atoms with Crippen LogP contribution in [-0.2, 0) is 28.6 Å². The largest absolute Gasteiger partial charge is 0.544 e. The number of carbonyl (C=O) groups is 3. The lowest BCUT2D eigenvalue weighted by Gasteiger charge is -2.34. The summed E-state index contributed by atoms with van der Waals surface area (Å²) < 4.78 is 17.3. The molecule has 0 amide bonds. The van der Waals surface area contributed by atoms with Crippen molar-refractivity contribution in [2.24, 2.45) is 0 Å². The number of hydrogen-bond donors (Lipinski definition) is 0. The second-order valence-electron chi connectivity index (χ2n) is 20.2. The highest BCUT2D eigenvalue weighted by molar-refractivity contribution is 5.70. The van der Waals surface area contributed by atoms with Gasteiger partial charge in [0.15, 0.2) is 6.10 Å². The van der Waals surface area contributed by atoms with Crippen molar-refractivity contribution in [2.75, 3.05) is 41.0 Å². The number of carboxylic acid groups (broad SMARTS) is 1. The van der Waals surface area contributed by atoms with E-state index in [2.05, 4.69) is 38.2 Å². The number of allylic oxidation sites excluding steroid dienone is 4. The summed E-state index contributed by atoms with van der Waals surface area (Å²) in [6, 6.07) is -0.726. The second kappa shape index (κ2) is 48.3. The van der Waals surface area contributed by atoms with Crippen LogP contribution in [-0.4, -0.2) is 75.5 Å². The van der Waals surface area contributed by atoms with Gasteiger partial charge in [0.25, 0.3) is 0 Å². The van der Waals surface area contributed by atoms with Gasteiger partial charge in [-0.1, -0.05) is 237 Å². The number of quaternary nitrogens is 1. The third-order valence-corrected chi connectivity index (χ3v) is 12.9. The van der Waals surface area contributed by atoms with E-state index < -0.39 is 18.1 Å². The van der Waals surface area contributed by atoms with E-state index in [1.807, 2.05) is 21.1 Å². The lowest BCUT2D eigenvalue weighted by atomic mass is 10.0. The molecule has 0 aromatic heterocycles. The van der Waals surface area contributed by atoms with Crippen LogP contribution in [0.3, 0.4) is 0 Å². The lowest BCUT2D eigenvalue weighted by Crippen LogP contribution is -2.55. The minimum absolute atomic E-state index is 0.0404. The van der Waals surface area contributed by atoms with E-state index >= 15 is 0 Å². The molecule has 0 saturated heterocycles. The van der Waals surface area contributed by atoms with Crippen molar-refractivity contribution in [2.45, 2.75) is 283 Å². The van der Waals surface area contributed by atoms with E-state index in [9.17, 15) is 19.5 Å². The first kappa shape index (κ1) is 62.8. The zero-order chi connectivity index (χ0) is 47.7. The summed E-state index contributed by atoms with van der Waals surface area (Å²) in [6.07, 6.45) is 56.5. The molecule has 0 rings (SSSR count). The van der Waals surface area contributed by atoms with Crippen LogP contribution in [0.15, 0.2) is 24.3 Å². The summed E-state index contributed by atoms with van der Waals surface area (Å²) in [6.45, 7) is 4.69. The van der Waals surface area contributed by atoms with Crippen LogP contribution in [0, 0.1) is 0 Å². The van der Waals surface area contributed by atoms with Crippen molar-refractivity contribution in [3.05, 3.63) is 24.3 Å². The summed E-state index contributed by atoms with van der Waals surface area (Å²) >= 11 is 0. The predicted molar refractivity (Wildman–Crippen MR) is 273 cm³/mol. The summed E-state index contributed by atoms with van der Waals surface area (Å²) in [5, 5.41) is 11.7. The number of aliphatic carboxylic acids is 1. The third kappa shape index (κ3) is 46.7. The number of hydrogen-bond acceptors (Lipinski definition) is 7. The molecule has 2 unspecified atom stereocenters. The Bertz CT molecular complexity index is 1120. The van der Waals surface area contributed by atoms with Crippen molar-refractivity contribution >= 4 is 17.9 Å². The van der Waals surface area contributed by atoms with Gasteiger partial charge in [0.1, 0.15) is 12.6 Å². The molecular formula is C57H107NO7. The fourth-order valence-electron chi connectivity index (χ4n) is 8.54. The van der Waals surface area contributed by atoms with Crippen molar-refractivity contribution in [1.29, 1.82) is 0 Å². The van der Waals surface area contributed by atoms with Crippen molar-refractivity contribution in [1.82, 2.24) is 0 Å². The topological polar surface area (TPSA) is 102 Å². The van der Waals surface area contributed by atoms with Crippen LogP contribution in [0.2, 0.25) is 0 Å². The van der Waals surface area contributed by atoms with Gasteiger partial charge in [0.05, 0.1) is 40.3 Å². The molecule has 0 heterocycles. The molecule has 65 heavy (non-hydrogen) atoms. The van der Waals surface area contributed by atoms with Gasteiger partial charge in [-0.05, 0) is 38.5 Å². The summed E-state index contributed by atoms with van der Waals surface area (Å²) in [4.78, 5) is 37.1. The molecule has 0 aliphatic heterocycles. The smallest absolute Gasteiger partial charge is 0.306 e. The Kier molecular flexibility index (Phi) is 46.6. The average molecular weight is 918 g/mol. The van der Waals surface area contributed by atoms with Crippen LogP contribution < -0.4 is 5.11 Å². The van der Waals surface area contributed by atoms with Gasteiger partial charge in [0, 0.05) is 19.3 Å². The number of likely N-dealkylation sites (N-methyl/N-ethyl adjacent to an activating group) is 1. The maximum atomic E-state index is 12.8. The molecule has 2 atom stereocenters. The SMILES string of the molecule is CCCCCCCCC/C=C/C=C/CCCCCCCC(=O)OCC(COCCC(C(=O)[O-])[N+](C)(C)C)OC(=O)CCCCCCCCCCCCCCCCCCCCCCCCC. The van der Waals surface area contributed by atoms with Gasteiger partial charge < -0.3 is 28.6 Å². The predicted octanol–water partition coefficient (Wildman–Crippen LogP) is 15.0. The Hall–Kier alpha value is -2.19. The first-order valence-corrected chi connectivity index (χ1v) is 27.9. The van der Waals surface area contributed by atoms with Crippen molar-refractivity contribution in [3.8, 4) is 0 Å². The molecule has 0 aromatic carbocycles. The number of rotatable bonds is 51. The fourth-order valence-corrected chi connectivity index (χ4v) is 8.54. The zero-order valence-electron chi connectivity index (χ0n) is 43.7. The number of esters is 2. The van der Waals surface area contributed by atoms with Crippen LogP contribution in [0.4, 0.5) is 0 Å². The van der Waals surface area contributed by atoms with E-state index in [1.54, 1.807) is 0 Å². The molecule has 0 spiro atoms. The minimum Gasteiger partial charge on any atom is -0.544 e. The number of carbonyl (C=O) groups excluding carboxylic acids is 3. The van der Waals surface area contributed by atoms with Crippen molar-refractivity contribution in [3.63, 3.8) is 0 Å². The maximum absolute atomic E-state index is 12.8. The Balaban J connectivity index is 4.17. The van der Waals surface area contributed by atoms with Gasteiger partial charge >= 0.3 is 11.9 Å². The highest BCUT2D eigenvalue weighted by Gasteiger charge is 2.25. The van der Waals surface area contributed by atoms with Gasteiger partial charge in [-0.3, -0.25) is 9.59 Å². The highest BCUT2D eigenvalue weighted by Crippen LogP contribution is 2.17. The molecule has 0 aromatic rings. The summed E-state index contributed by atoms with van der Waals surface area (Å²) in [7, 11) is 5.42. The van der Waals surface area contributed by atoms with Crippen LogP contribution in [0.1, 0.15) is 271 Å². The molecule has 0 aliphatic rings. The number of unbranched alkanes of at least 4 members (excludes halogenated alkanes) is 34. The summed E-state index contributed by atoms with van der Waals surface area (Å²) in [5.74, 6) is -1.73. The maximum Gasteiger partial charge on any atom is 0.306 e. The Morgan fingerprint density at radius 2 is 0.800 bits per heavy atom. The van der Waals surface area contributed by atoms with Crippen LogP contribution in [0.25, 0.3) is 0 Å². The van der Waals surface area contributed by atoms with Crippen LogP contribution in [0.5, 0.6) is 0 Å². The van der Waals surface area contributed by atoms with Crippen LogP contribution >= 0.6 is 0 Å². The fraction of sp³-hybridized carbons (Fsp3) is 0.877. The van der Waals surface area contributed by atoms with Gasteiger partial charge in [-0.25, -0.2) is 0 Å². The molecule has 382 valence electrons. The molecule has 8 heteroatoms.